The lowest BCUT2D eigenvalue weighted by Crippen LogP contribution is -2.14. The number of hydrogen-bond donors (Lipinski definition) is 0. The van der Waals surface area contributed by atoms with E-state index in [2.05, 4.69) is 198 Å². The first-order valence-electron chi connectivity index (χ1n) is 19.5. The van der Waals surface area contributed by atoms with Crippen molar-refractivity contribution >= 4 is 49.6 Å². The van der Waals surface area contributed by atoms with E-state index in [-0.39, 0.29) is 0 Å². The molecular formula is C52H42N2. The zero-order valence-corrected chi connectivity index (χ0v) is 30.4. The normalized spacial score (nSPS) is 13.5. The van der Waals surface area contributed by atoms with E-state index in [1.165, 1.54) is 92.5 Å². The molecule has 0 spiro atoms. The van der Waals surface area contributed by atoms with Crippen LogP contribution >= 0.6 is 0 Å². The smallest absolute Gasteiger partial charge is 0.0782 e. The van der Waals surface area contributed by atoms with Gasteiger partial charge in [-0.3, -0.25) is 0 Å². The summed E-state index contributed by atoms with van der Waals surface area (Å²) in [4.78, 5) is 2.54. The van der Waals surface area contributed by atoms with Crippen LogP contribution in [0.5, 0.6) is 0 Å². The Morgan fingerprint density at radius 1 is 0.426 bits per heavy atom. The molecule has 1 heterocycles. The molecule has 10 rings (SSSR count). The van der Waals surface area contributed by atoms with Crippen LogP contribution in [0.1, 0.15) is 43.6 Å². The highest BCUT2D eigenvalue weighted by molar-refractivity contribution is 6.15. The number of fused-ring (bicyclic) bond motifs is 4. The first-order valence-corrected chi connectivity index (χ1v) is 19.5. The highest BCUT2D eigenvalue weighted by atomic mass is 15.2. The van der Waals surface area contributed by atoms with Gasteiger partial charge in [0, 0.05) is 27.6 Å². The van der Waals surface area contributed by atoms with Crippen molar-refractivity contribution < 1.29 is 0 Å². The molecule has 1 fully saturated rings. The first-order chi connectivity index (χ1) is 26.8. The lowest BCUT2D eigenvalue weighted by molar-refractivity contribution is 0.445. The van der Waals surface area contributed by atoms with Crippen LogP contribution in [-0.2, 0) is 0 Å². The van der Waals surface area contributed by atoms with Gasteiger partial charge in [-0.1, -0.05) is 171 Å². The van der Waals surface area contributed by atoms with Crippen molar-refractivity contribution in [3.63, 3.8) is 0 Å². The molecule has 0 bridgehead atoms. The van der Waals surface area contributed by atoms with Gasteiger partial charge in [0.1, 0.15) is 0 Å². The summed E-state index contributed by atoms with van der Waals surface area (Å²) in [5.74, 6) is 0.584. The van der Waals surface area contributed by atoms with E-state index < -0.39 is 0 Å². The van der Waals surface area contributed by atoms with Crippen molar-refractivity contribution in [2.24, 2.45) is 0 Å². The van der Waals surface area contributed by atoms with Gasteiger partial charge in [0.2, 0.25) is 0 Å². The van der Waals surface area contributed by atoms with Crippen molar-refractivity contribution in [3.8, 4) is 27.9 Å². The lowest BCUT2D eigenvalue weighted by atomic mass is 9.80. The third-order valence-corrected chi connectivity index (χ3v) is 11.6. The molecule has 8 aromatic carbocycles. The van der Waals surface area contributed by atoms with E-state index in [0.717, 1.165) is 22.7 Å². The summed E-state index contributed by atoms with van der Waals surface area (Å²) < 4.78 is 2.46. The number of nitrogens with zero attached hydrogens (tertiary/aromatic N) is 2. The fourth-order valence-corrected chi connectivity index (χ4v) is 9.19. The van der Waals surface area contributed by atoms with Gasteiger partial charge in [0.25, 0.3) is 0 Å². The van der Waals surface area contributed by atoms with E-state index in [4.69, 9.17) is 0 Å². The predicted molar refractivity (Wildman–Crippen MR) is 230 cm³/mol. The minimum Gasteiger partial charge on any atom is -0.307 e. The van der Waals surface area contributed by atoms with Crippen LogP contribution in [-0.4, -0.2) is 4.57 Å². The van der Waals surface area contributed by atoms with Crippen LogP contribution in [0.2, 0.25) is 0 Å². The van der Waals surface area contributed by atoms with E-state index >= 15 is 0 Å². The Balaban J connectivity index is 1.31. The summed E-state index contributed by atoms with van der Waals surface area (Å²) in [6.45, 7) is 0. The Hall–Kier alpha value is -6.38. The van der Waals surface area contributed by atoms with Crippen molar-refractivity contribution in [1.82, 2.24) is 4.57 Å². The molecule has 260 valence electrons. The second-order valence-corrected chi connectivity index (χ2v) is 14.7. The molecule has 2 nitrogen and oxygen atoms in total. The first kappa shape index (κ1) is 32.3. The van der Waals surface area contributed by atoms with Crippen LogP contribution in [0.25, 0.3) is 60.5 Å². The van der Waals surface area contributed by atoms with Crippen molar-refractivity contribution in [2.45, 2.75) is 38.0 Å². The second-order valence-electron chi connectivity index (χ2n) is 14.7. The maximum absolute atomic E-state index is 2.54. The summed E-state index contributed by atoms with van der Waals surface area (Å²) in [5, 5.41) is 5.19. The van der Waals surface area contributed by atoms with Crippen LogP contribution in [0.4, 0.5) is 17.1 Å². The molecule has 9 aromatic rings. The highest BCUT2D eigenvalue weighted by Crippen LogP contribution is 2.50. The van der Waals surface area contributed by atoms with Gasteiger partial charge in [0.05, 0.1) is 28.1 Å². The Kier molecular flexibility index (Phi) is 8.30. The molecule has 0 saturated heterocycles. The van der Waals surface area contributed by atoms with Gasteiger partial charge in [-0.25, -0.2) is 0 Å². The number of para-hydroxylation sites is 5. The Morgan fingerprint density at radius 3 is 1.80 bits per heavy atom. The molecule has 0 unspecified atom stereocenters. The maximum Gasteiger partial charge on any atom is 0.0782 e. The second kappa shape index (κ2) is 13.9. The van der Waals surface area contributed by atoms with Gasteiger partial charge in [0.15, 0.2) is 0 Å². The molecule has 1 aliphatic carbocycles. The van der Waals surface area contributed by atoms with Crippen molar-refractivity contribution in [1.29, 1.82) is 0 Å². The van der Waals surface area contributed by atoms with E-state index in [9.17, 15) is 0 Å². The average molecular weight is 695 g/mol. The third kappa shape index (κ3) is 5.49. The summed E-state index contributed by atoms with van der Waals surface area (Å²) in [7, 11) is 0. The van der Waals surface area contributed by atoms with E-state index in [1.54, 1.807) is 0 Å². The molecule has 1 aliphatic rings. The van der Waals surface area contributed by atoms with Crippen LogP contribution in [0.3, 0.4) is 0 Å². The fraction of sp³-hybridized carbons (Fsp3) is 0.115. The maximum atomic E-state index is 2.54. The lowest BCUT2D eigenvalue weighted by Gasteiger charge is -2.31. The minimum atomic E-state index is 0.584. The van der Waals surface area contributed by atoms with Crippen molar-refractivity contribution in [2.75, 3.05) is 4.90 Å². The number of aromatic nitrogens is 1. The monoisotopic (exact) mass is 694 g/mol. The number of rotatable bonds is 7. The van der Waals surface area contributed by atoms with Gasteiger partial charge in [-0.05, 0) is 82.6 Å². The predicted octanol–water partition coefficient (Wildman–Crippen LogP) is 14.8. The SMILES string of the molecule is c1ccc(-c2ccccc2N(c2ccccc2-c2cccc3cccc(C4CCCCC4)c23)c2cccc3c4ccccc4n(-c4ccccc4)c23)cc1. The molecule has 0 amide bonds. The molecule has 1 saturated carbocycles. The molecule has 0 aliphatic heterocycles. The van der Waals surface area contributed by atoms with Gasteiger partial charge >= 0.3 is 0 Å². The quantitative estimate of drug-likeness (QED) is 0.161. The fourth-order valence-electron chi connectivity index (χ4n) is 9.19. The molecule has 0 radical (unpaired) electrons. The number of anilines is 3. The van der Waals surface area contributed by atoms with E-state index in [1.807, 2.05) is 0 Å². The molecule has 54 heavy (non-hydrogen) atoms. The summed E-state index contributed by atoms with van der Waals surface area (Å²) in [6, 6.07) is 69.2. The number of benzene rings is 8. The standard InChI is InChI=1S/C52H42N2/c1-4-19-37(20-5-1)41-27-10-13-33-47(41)54(50-36-18-32-46-44-29-12-14-34-48(44)53(52(46)50)40-25-8-3-9-26-40)49-35-15-11-28-43(49)45-31-17-24-39-23-16-30-42(51(39)45)38-21-6-2-7-22-38/h1,3-5,8-20,23-36,38H,2,6-7,21-22H2. The van der Waals surface area contributed by atoms with Gasteiger partial charge in [-0.15, -0.1) is 0 Å². The Labute approximate surface area is 317 Å². The summed E-state index contributed by atoms with van der Waals surface area (Å²) in [5.41, 5.74) is 13.4. The van der Waals surface area contributed by atoms with Crippen LogP contribution in [0, 0.1) is 0 Å². The zero-order chi connectivity index (χ0) is 35.8. The van der Waals surface area contributed by atoms with Gasteiger partial charge < -0.3 is 9.47 Å². The van der Waals surface area contributed by atoms with E-state index in [0.29, 0.717) is 5.92 Å². The topological polar surface area (TPSA) is 8.17 Å². The molecule has 1 aromatic heterocycles. The molecule has 0 atom stereocenters. The average Bonchev–Trinajstić information content (AvgIpc) is 3.60. The largest absolute Gasteiger partial charge is 0.307 e. The Morgan fingerprint density at radius 2 is 1.00 bits per heavy atom. The molecule has 0 N–H and O–H groups in total. The Bertz CT molecular complexity index is 2750. The summed E-state index contributed by atoms with van der Waals surface area (Å²) in [6.07, 6.45) is 6.49. The van der Waals surface area contributed by atoms with Gasteiger partial charge in [-0.2, -0.15) is 0 Å². The molecular weight excluding hydrogens is 653 g/mol. The van der Waals surface area contributed by atoms with Crippen molar-refractivity contribution in [3.05, 3.63) is 194 Å². The van der Waals surface area contributed by atoms with Crippen LogP contribution < -0.4 is 4.90 Å². The van der Waals surface area contributed by atoms with Crippen LogP contribution in [0.15, 0.2) is 188 Å². The number of hydrogen-bond acceptors (Lipinski definition) is 1. The minimum absolute atomic E-state index is 0.584. The summed E-state index contributed by atoms with van der Waals surface area (Å²) >= 11 is 0. The highest BCUT2D eigenvalue weighted by Gasteiger charge is 2.26. The third-order valence-electron chi connectivity index (χ3n) is 11.6. The molecule has 2 heteroatoms. The zero-order valence-electron chi connectivity index (χ0n) is 30.4.